The quantitative estimate of drug-likeness (QED) is 0.583. The molecule has 4 N–H and O–H groups in total. The van der Waals surface area contributed by atoms with Crippen molar-refractivity contribution in [2.24, 2.45) is 0 Å². The third-order valence-electron chi connectivity index (χ3n) is 2.90. The van der Waals surface area contributed by atoms with E-state index >= 15 is 0 Å². The van der Waals surface area contributed by atoms with Crippen LogP contribution in [0.5, 0.6) is 0 Å². The van der Waals surface area contributed by atoms with Crippen molar-refractivity contribution in [3.05, 3.63) is 29.8 Å². The predicted octanol–water partition coefficient (Wildman–Crippen LogP) is 1.47. The zero-order chi connectivity index (χ0) is 17.1. The van der Waals surface area contributed by atoms with Crippen molar-refractivity contribution in [3.8, 4) is 0 Å². The predicted molar refractivity (Wildman–Crippen MR) is 89.4 cm³/mol. The summed E-state index contributed by atoms with van der Waals surface area (Å²) in [5.41, 5.74) is 1.16. The number of amides is 4. The Morgan fingerprint density at radius 3 is 2.39 bits per heavy atom. The molecular weight excluding hydrogens is 296 g/mol. The smallest absolute Gasteiger partial charge is 0.321 e. The average molecular weight is 320 g/mol. The molecule has 0 unspecified atom stereocenters. The van der Waals surface area contributed by atoms with Crippen LogP contribution in [-0.2, 0) is 4.79 Å². The molecule has 23 heavy (non-hydrogen) atoms. The van der Waals surface area contributed by atoms with E-state index in [-0.39, 0.29) is 12.5 Å². The molecule has 1 rings (SSSR count). The molecule has 0 heterocycles. The van der Waals surface area contributed by atoms with Crippen LogP contribution in [0.15, 0.2) is 24.3 Å². The van der Waals surface area contributed by atoms with Crippen molar-refractivity contribution in [3.63, 3.8) is 0 Å². The fourth-order valence-corrected chi connectivity index (χ4v) is 1.75. The van der Waals surface area contributed by atoms with Crippen LogP contribution in [0.25, 0.3) is 0 Å². The molecule has 7 heteroatoms. The molecule has 0 saturated heterocycles. The maximum absolute atomic E-state index is 11.9. The second kappa shape index (κ2) is 10.2. The van der Waals surface area contributed by atoms with Gasteiger partial charge in [-0.05, 0) is 31.0 Å². The van der Waals surface area contributed by atoms with Gasteiger partial charge in [-0.1, -0.05) is 19.9 Å². The molecule has 0 spiro atoms. The molecule has 7 nitrogen and oxygen atoms in total. The van der Waals surface area contributed by atoms with Crippen LogP contribution in [0.3, 0.4) is 0 Å². The monoisotopic (exact) mass is 320 g/mol. The standard InChI is InChI=1S/C16H24N4O3/c1-3-8-17-15(22)12-6-5-7-13(10-12)19-11-14(21)20-16(23)18-9-4-2/h5-7,10,19H,3-4,8-9,11H2,1-2H3,(H,17,22)(H2,18,20,21,23). The molecule has 1 aromatic rings. The van der Waals surface area contributed by atoms with Gasteiger partial charge in [0.1, 0.15) is 0 Å². The maximum atomic E-state index is 11.9. The molecule has 0 bridgehead atoms. The van der Waals surface area contributed by atoms with E-state index in [1.807, 2.05) is 13.8 Å². The molecule has 0 saturated carbocycles. The summed E-state index contributed by atoms with van der Waals surface area (Å²) in [5.74, 6) is -0.599. The summed E-state index contributed by atoms with van der Waals surface area (Å²) in [6.45, 7) is 4.98. The average Bonchev–Trinajstić information content (AvgIpc) is 2.56. The van der Waals surface area contributed by atoms with E-state index in [0.29, 0.717) is 24.3 Å². The summed E-state index contributed by atoms with van der Waals surface area (Å²) in [7, 11) is 0. The van der Waals surface area contributed by atoms with Gasteiger partial charge in [0.05, 0.1) is 6.54 Å². The lowest BCUT2D eigenvalue weighted by Crippen LogP contribution is -2.42. The minimum atomic E-state index is -0.508. The molecule has 1 aromatic carbocycles. The van der Waals surface area contributed by atoms with Crippen LogP contribution < -0.4 is 21.3 Å². The van der Waals surface area contributed by atoms with Crippen molar-refractivity contribution < 1.29 is 14.4 Å². The number of carbonyl (C=O) groups is 3. The van der Waals surface area contributed by atoms with E-state index in [2.05, 4.69) is 21.3 Å². The molecule has 4 amide bonds. The third kappa shape index (κ3) is 7.30. The topological polar surface area (TPSA) is 99.3 Å². The van der Waals surface area contributed by atoms with Gasteiger partial charge >= 0.3 is 6.03 Å². The van der Waals surface area contributed by atoms with Gasteiger partial charge in [-0.3, -0.25) is 14.9 Å². The summed E-state index contributed by atoms with van der Waals surface area (Å²) in [6.07, 6.45) is 1.66. The lowest BCUT2D eigenvalue weighted by molar-refractivity contribution is -0.118. The van der Waals surface area contributed by atoms with Gasteiger partial charge in [-0.25, -0.2) is 4.79 Å². The Hall–Kier alpha value is -2.57. The Balaban J connectivity index is 2.47. The molecule has 0 aromatic heterocycles. The summed E-state index contributed by atoms with van der Waals surface area (Å²) in [5, 5.41) is 10.4. The fourth-order valence-electron chi connectivity index (χ4n) is 1.75. The van der Waals surface area contributed by atoms with E-state index in [4.69, 9.17) is 0 Å². The highest BCUT2D eigenvalue weighted by molar-refractivity contribution is 5.97. The lowest BCUT2D eigenvalue weighted by atomic mass is 10.2. The molecule has 0 atom stereocenters. The van der Waals surface area contributed by atoms with Crippen molar-refractivity contribution in [1.82, 2.24) is 16.0 Å². The second-order valence-corrected chi connectivity index (χ2v) is 4.99. The van der Waals surface area contributed by atoms with Gasteiger partial charge in [0.25, 0.3) is 5.91 Å². The van der Waals surface area contributed by atoms with Gasteiger partial charge in [-0.2, -0.15) is 0 Å². The van der Waals surface area contributed by atoms with Crippen molar-refractivity contribution in [1.29, 1.82) is 0 Å². The number of imide groups is 1. The normalized spacial score (nSPS) is 9.83. The first kappa shape index (κ1) is 18.5. The zero-order valence-corrected chi connectivity index (χ0v) is 13.6. The highest BCUT2D eigenvalue weighted by atomic mass is 16.2. The Morgan fingerprint density at radius 1 is 1.00 bits per heavy atom. The molecule has 0 radical (unpaired) electrons. The fraction of sp³-hybridized carbons (Fsp3) is 0.438. The number of urea groups is 1. The molecule has 0 aliphatic carbocycles. The Bertz CT molecular complexity index is 546. The molecule has 126 valence electrons. The highest BCUT2D eigenvalue weighted by Gasteiger charge is 2.08. The third-order valence-corrected chi connectivity index (χ3v) is 2.90. The van der Waals surface area contributed by atoms with E-state index in [9.17, 15) is 14.4 Å². The van der Waals surface area contributed by atoms with Gasteiger partial charge in [-0.15, -0.1) is 0 Å². The van der Waals surface area contributed by atoms with E-state index in [0.717, 1.165) is 12.8 Å². The second-order valence-electron chi connectivity index (χ2n) is 4.99. The zero-order valence-electron chi connectivity index (χ0n) is 13.6. The van der Waals surface area contributed by atoms with Gasteiger partial charge < -0.3 is 16.0 Å². The number of hydrogen-bond acceptors (Lipinski definition) is 4. The Labute approximate surface area is 136 Å². The SMILES string of the molecule is CCCNC(=O)NC(=O)CNc1cccc(C(=O)NCCC)c1. The highest BCUT2D eigenvalue weighted by Crippen LogP contribution is 2.10. The molecule has 0 aliphatic heterocycles. The van der Waals surface area contributed by atoms with Gasteiger partial charge in [0.15, 0.2) is 0 Å². The van der Waals surface area contributed by atoms with Crippen molar-refractivity contribution in [2.45, 2.75) is 26.7 Å². The van der Waals surface area contributed by atoms with Crippen LogP contribution in [0.2, 0.25) is 0 Å². The van der Waals surface area contributed by atoms with Gasteiger partial charge in [0, 0.05) is 24.3 Å². The molecular formula is C16H24N4O3. The minimum absolute atomic E-state index is 0.0560. The van der Waals surface area contributed by atoms with Crippen LogP contribution in [0.4, 0.5) is 10.5 Å². The Kier molecular flexibility index (Phi) is 8.20. The summed E-state index contributed by atoms with van der Waals surface area (Å²) >= 11 is 0. The first-order valence-corrected chi connectivity index (χ1v) is 7.76. The lowest BCUT2D eigenvalue weighted by Gasteiger charge is -2.09. The summed E-state index contributed by atoms with van der Waals surface area (Å²) in [4.78, 5) is 34.8. The van der Waals surface area contributed by atoms with Crippen molar-refractivity contribution >= 4 is 23.5 Å². The van der Waals surface area contributed by atoms with E-state index < -0.39 is 11.9 Å². The van der Waals surface area contributed by atoms with Crippen LogP contribution >= 0.6 is 0 Å². The maximum Gasteiger partial charge on any atom is 0.321 e. The summed E-state index contributed by atoms with van der Waals surface area (Å²) < 4.78 is 0. The van der Waals surface area contributed by atoms with Crippen LogP contribution in [0, 0.1) is 0 Å². The first-order chi connectivity index (χ1) is 11.1. The number of carbonyl (C=O) groups excluding carboxylic acids is 3. The number of nitrogens with one attached hydrogen (secondary N) is 4. The van der Waals surface area contributed by atoms with Crippen LogP contribution in [0.1, 0.15) is 37.0 Å². The minimum Gasteiger partial charge on any atom is -0.376 e. The number of hydrogen-bond donors (Lipinski definition) is 4. The number of benzene rings is 1. The van der Waals surface area contributed by atoms with Gasteiger partial charge in [0.2, 0.25) is 5.91 Å². The molecule has 0 aliphatic rings. The molecule has 0 fully saturated rings. The first-order valence-electron chi connectivity index (χ1n) is 7.76. The van der Waals surface area contributed by atoms with Crippen molar-refractivity contribution in [2.75, 3.05) is 25.0 Å². The summed E-state index contributed by atoms with van der Waals surface area (Å²) in [6, 6.07) is 6.34. The Morgan fingerprint density at radius 2 is 1.70 bits per heavy atom. The van der Waals surface area contributed by atoms with E-state index in [1.165, 1.54) is 0 Å². The van der Waals surface area contributed by atoms with E-state index in [1.54, 1.807) is 24.3 Å². The largest absolute Gasteiger partial charge is 0.376 e. The number of rotatable bonds is 8. The van der Waals surface area contributed by atoms with Crippen LogP contribution in [-0.4, -0.2) is 37.5 Å². The number of anilines is 1.